The van der Waals surface area contributed by atoms with Gasteiger partial charge in [-0.3, -0.25) is 15.0 Å². The molecule has 1 spiro atoms. The van der Waals surface area contributed by atoms with Crippen LogP contribution in [0, 0.1) is 5.92 Å². The Balaban J connectivity index is 1.35. The SMILES string of the molecule is CCn1c(SCC(=O)NN2C(=O)NC3(CCC(C)CC3)C2=O)nnc1C1CC1. The molecule has 0 aromatic carbocycles. The fourth-order valence-corrected chi connectivity index (χ4v) is 4.75. The second-order valence-corrected chi connectivity index (χ2v) is 8.96. The Morgan fingerprint density at radius 2 is 1.96 bits per heavy atom. The van der Waals surface area contributed by atoms with Crippen molar-refractivity contribution in [2.24, 2.45) is 5.92 Å². The average molecular weight is 407 g/mol. The van der Waals surface area contributed by atoms with Crippen LogP contribution in [0.3, 0.4) is 0 Å². The minimum absolute atomic E-state index is 0.0594. The van der Waals surface area contributed by atoms with E-state index >= 15 is 0 Å². The summed E-state index contributed by atoms with van der Waals surface area (Å²) in [5.41, 5.74) is 1.61. The molecule has 0 unspecified atom stereocenters. The van der Waals surface area contributed by atoms with Crippen LogP contribution in [0.4, 0.5) is 4.79 Å². The molecule has 4 rings (SSSR count). The number of hydrogen-bond acceptors (Lipinski definition) is 6. The van der Waals surface area contributed by atoms with E-state index in [0.717, 1.165) is 43.1 Å². The zero-order valence-corrected chi connectivity index (χ0v) is 17.0. The van der Waals surface area contributed by atoms with Gasteiger partial charge in [0.25, 0.3) is 5.91 Å². The third-order valence-corrected chi connectivity index (χ3v) is 6.83. The van der Waals surface area contributed by atoms with Gasteiger partial charge in [-0.2, -0.15) is 5.01 Å². The minimum atomic E-state index is -0.856. The van der Waals surface area contributed by atoms with Crippen LogP contribution in [0.1, 0.15) is 64.1 Å². The van der Waals surface area contributed by atoms with Crippen LogP contribution >= 0.6 is 11.8 Å². The summed E-state index contributed by atoms with van der Waals surface area (Å²) in [4.78, 5) is 37.4. The number of nitrogens with zero attached hydrogens (tertiary/aromatic N) is 4. The molecule has 2 heterocycles. The number of rotatable bonds is 6. The highest BCUT2D eigenvalue weighted by molar-refractivity contribution is 7.99. The van der Waals surface area contributed by atoms with Crippen LogP contribution in [-0.4, -0.2) is 48.9 Å². The number of carbonyl (C=O) groups excluding carboxylic acids is 3. The number of thioether (sulfide) groups is 1. The van der Waals surface area contributed by atoms with Crippen LogP contribution in [0.25, 0.3) is 0 Å². The third kappa shape index (κ3) is 3.49. The first kappa shape index (κ1) is 19.2. The maximum atomic E-state index is 12.8. The number of hydrazine groups is 1. The quantitative estimate of drug-likeness (QED) is 0.551. The fraction of sp³-hybridized carbons (Fsp3) is 0.722. The summed E-state index contributed by atoms with van der Waals surface area (Å²) in [7, 11) is 0. The number of carbonyl (C=O) groups is 3. The molecule has 1 aromatic heterocycles. The van der Waals surface area contributed by atoms with Crippen molar-refractivity contribution in [1.82, 2.24) is 30.5 Å². The third-order valence-electron chi connectivity index (χ3n) is 5.86. The first-order valence-electron chi connectivity index (χ1n) is 9.95. The highest BCUT2D eigenvalue weighted by atomic mass is 32.2. The Kier molecular flexibility index (Phi) is 5.07. The maximum Gasteiger partial charge on any atom is 0.344 e. The van der Waals surface area contributed by atoms with E-state index in [2.05, 4.69) is 27.9 Å². The lowest BCUT2D eigenvalue weighted by atomic mass is 9.77. The van der Waals surface area contributed by atoms with Gasteiger partial charge in [-0.05, 0) is 51.4 Å². The van der Waals surface area contributed by atoms with Gasteiger partial charge in [-0.1, -0.05) is 18.7 Å². The van der Waals surface area contributed by atoms with Gasteiger partial charge in [0.2, 0.25) is 5.91 Å². The summed E-state index contributed by atoms with van der Waals surface area (Å²) in [6.07, 6.45) is 5.28. The molecule has 28 heavy (non-hydrogen) atoms. The van der Waals surface area contributed by atoms with Crippen molar-refractivity contribution >= 4 is 29.6 Å². The number of urea groups is 1. The molecule has 0 atom stereocenters. The Labute approximate surface area is 168 Å². The van der Waals surface area contributed by atoms with Crippen LogP contribution in [0.15, 0.2) is 5.16 Å². The van der Waals surface area contributed by atoms with E-state index in [-0.39, 0.29) is 11.7 Å². The van der Waals surface area contributed by atoms with Crippen molar-refractivity contribution in [2.75, 3.05) is 5.75 Å². The molecule has 1 aromatic rings. The number of nitrogens with one attached hydrogen (secondary N) is 2. The predicted octanol–water partition coefficient (Wildman–Crippen LogP) is 1.80. The maximum absolute atomic E-state index is 12.8. The highest BCUT2D eigenvalue weighted by Gasteiger charge is 2.52. The second-order valence-electron chi connectivity index (χ2n) is 8.02. The molecule has 0 radical (unpaired) electrons. The lowest BCUT2D eigenvalue weighted by Crippen LogP contribution is -2.51. The van der Waals surface area contributed by atoms with Crippen LogP contribution in [0.5, 0.6) is 0 Å². The summed E-state index contributed by atoms with van der Waals surface area (Å²) in [5, 5.41) is 12.8. The monoisotopic (exact) mass is 406 g/mol. The van der Waals surface area contributed by atoms with Crippen molar-refractivity contribution in [1.29, 1.82) is 0 Å². The number of imide groups is 1. The molecular formula is C18H26N6O3S. The lowest BCUT2D eigenvalue weighted by Gasteiger charge is -2.33. The first-order valence-corrected chi connectivity index (χ1v) is 10.9. The molecule has 2 aliphatic carbocycles. The Bertz CT molecular complexity index is 797. The smallest absolute Gasteiger partial charge is 0.322 e. The molecule has 1 saturated heterocycles. The standard InChI is InChI=1S/C18H26N6O3S/c1-3-23-14(12-4-5-12)20-21-17(23)28-10-13(25)22-24-15(26)18(19-16(24)27)8-6-11(2)7-9-18/h11-12H,3-10H2,1-2H3,(H,19,27)(H,22,25). The van der Waals surface area contributed by atoms with E-state index < -0.39 is 17.5 Å². The molecule has 1 aliphatic heterocycles. The normalized spacial score (nSPS) is 27.4. The van der Waals surface area contributed by atoms with Crippen LogP contribution in [-0.2, 0) is 16.1 Å². The van der Waals surface area contributed by atoms with Crippen LogP contribution < -0.4 is 10.7 Å². The van der Waals surface area contributed by atoms with Gasteiger partial charge in [-0.25, -0.2) is 4.79 Å². The molecule has 3 aliphatic rings. The fourth-order valence-electron chi connectivity index (χ4n) is 3.95. The van der Waals surface area contributed by atoms with Gasteiger partial charge in [0.05, 0.1) is 5.75 Å². The van der Waals surface area contributed by atoms with E-state index in [0.29, 0.717) is 29.8 Å². The summed E-state index contributed by atoms with van der Waals surface area (Å²) >= 11 is 1.27. The topological polar surface area (TPSA) is 109 Å². The van der Waals surface area contributed by atoms with E-state index in [1.54, 1.807) is 0 Å². The largest absolute Gasteiger partial charge is 0.344 e. The molecule has 3 fully saturated rings. The molecule has 2 N–H and O–H groups in total. The van der Waals surface area contributed by atoms with Crippen molar-refractivity contribution in [3.63, 3.8) is 0 Å². The Hall–Kier alpha value is -2.10. The van der Waals surface area contributed by atoms with E-state index in [9.17, 15) is 14.4 Å². The predicted molar refractivity (Wildman–Crippen MR) is 102 cm³/mol. The molecule has 10 heteroatoms. The Morgan fingerprint density at radius 3 is 2.61 bits per heavy atom. The molecule has 0 bridgehead atoms. The molecule has 2 saturated carbocycles. The van der Waals surface area contributed by atoms with Crippen molar-refractivity contribution in [3.8, 4) is 0 Å². The molecule has 152 valence electrons. The molecular weight excluding hydrogens is 380 g/mol. The number of amides is 4. The summed E-state index contributed by atoms with van der Waals surface area (Å²) in [6.45, 7) is 4.92. The van der Waals surface area contributed by atoms with Gasteiger partial charge in [0.1, 0.15) is 11.4 Å². The van der Waals surface area contributed by atoms with E-state index in [1.165, 1.54) is 11.8 Å². The van der Waals surface area contributed by atoms with Crippen LogP contribution in [0.2, 0.25) is 0 Å². The van der Waals surface area contributed by atoms with Crippen molar-refractivity contribution in [2.45, 2.75) is 75.5 Å². The van der Waals surface area contributed by atoms with E-state index in [1.807, 2.05) is 11.5 Å². The number of aromatic nitrogens is 3. The minimum Gasteiger partial charge on any atom is -0.322 e. The summed E-state index contributed by atoms with van der Waals surface area (Å²) in [5.74, 6) is 1.31. The van der Waals surface area contributed by atoms with Crippen molar-refractivity contribution < 1.29 is 14.4 Å². The lowest BCUT2D eigenvalue weighted by molar-refractivity contribution is -0.139. The second kappa shape index (κ2) is 7.38. The summed E-state index contributed by atoms with van der Waals surface area (Å²) in [6, 6.07) is -0.550. The van der Waals surface area contributed by atoms with Gasteiger partial charge < -0.3 is 9.88 Å². The van der Waals surface area contributed by atoms with Crippen molar-refractivity contribution in [3.05, 3.63) is 5.82 Å². The number of hydrogen-bond donors (Lipinski definition) is 2. The van der Waals surface area contributed by atoms with Gasteiger partial charge in [-0.15, -0.1) is 10.2 Å². The van der Waals surface area contributed by atoms with Gasteiger partial charge in [0.15, 0.2) is 5.16 Å². The first-order chi connectivity index (χ1) is 13.4. The average Bonchev–Trinajstić information content (AvgIpc) is 3.40. The zero-order chi connectivity index (χ0) is 19.9. The van der Waals surface area contributed by atoms with E-state index in [4.69, 9.17) is 0 Å². The Morgan fingerprint density at radius 1 is 1.25 bits per heavy atom. The van der Waals surface area contributed by atoms with Gasteiger partial charge >= 0.3 is 6.03 Å². The molecule has 9 nitrogen and oxygen atoms in total. The highest BCUT2D eigenvalue weighted by Crippen LogP contribution is 2.40. The van der Waals surface area contributed by atoms with Gasteiger partial charge in [0, 0.05) is 12.5 Å². The zero-order valence-electron chi connectivity index (χ0n) is 16.2. The summed E-state index contributed by atoms with van der Waals surface area (Å²) < 4.78 is 2.03. The molecule has 4 amide bonds.